The number of rotatable bonds is 7. The van der Waals surface area contributed by atoms with E-state index in [0.717, 1.165) is 28.9 Å². The molecule has 0 radical (unpaired) electrons. The fourth-order valence-electron chi connectivity index (χ4n) is 1.90. The third-order valence-corrected chi connectivity index (χ3v) is 4.07. The Kier molecular flexibility index (Phi) is 7.37. The van der Waals surface area contributed by atoms with E-state index in [2.05, 4.69) is 41.6 Å². The second kappa shape index (κ2) is 8.54. The predicted molar refractivity (Wildman–Crippen MR) is 93.4 cm³/mol. The summed E-state index contributed by atoms with van der Waals surface area (Å²) in [4.78, 5) is 6.44. The van der Waals surface area contributed by atoms with Gasteiger partial charge in [-0.1, -0.05) is 0 Å². The Hall–Kier alpha value is -1.06. The minimum atomic E-state index is -3.17. The Morgan fingerprint density at radius 3 is 2.68 bits per heavy atom. The first-order valence-corrected chi connectivity index (χ1v) is 9.66. The number of aromatic nitrogens is 1. The fraction of sp³-hybridized carbons (Fsp3) is 0.615. The lowest BCUT2D eigenvalue weighted by molar-refractivity contribution is 0.462. The summed E-state index contributed by atoms with van der Waals surface area (Å²) in [5.41, 5.74) is 1.15. The van der Waals surface area contributed by atoms with Gasteiger partial charge in [-0.25, -0.2) is 13.1 Å². The van der Waals surface area contributed by atoms with Crippen LogP contribution in [-0.4, -0.2) is 56.8 Å². The van der Waals surface area contributed by atoms with Gasteiger partial charge in [0, 0.05) is 43.5 Å². The van der Waals surface area contributed by atoms with Crippen LogP contribution in [0.15, 0.2) is 21.7 Å². The summed E-state index contributed by atoms with van der Waals surface area (Å²) < 4.78 is 27.6. The summed E-state index contributed by atoms with van der Waals surface area (Å²) >= 11 is 3.46. The van der Waals surface area contributed by atoms with E-state index >= 15 is 0 Å². The molecule has 0 aliphatic carbocycles. The zero-order chi connectivity index (χ0) is 16.8. The van der Waals surface area contributed by atoms with Gasteiger partial charge in [0.2, 0.25) is 10.0 Å². The largest absolute Gasteiger partial charge is 0.357 e. The van der Waals surface area contributed by atoms with E-state index in [1.54, 1.807) is 0 Å². The highest BCUT2D eigenvalue weighted by molar-refractivity contribution is 9.10. The lowest BCUT2D eigenvalue weighted by atomic mass is 10.4. The zero-order valence-electron chi connectivity index (χ0n) is 13.4. The molecule has 1 aromatic rings. The van der Waals surface area contributed by atoms with Crippen molar-refractivity contribution >= 4 is 31.9 Å². The summed E-state index contributed by atoms with van der Waals surface area (Å²) in [6.45, 7) is 4.12. The maximum absolute atomic E-state index is 11.0. The number of aliphatic imine (C=N–C) groups is 1. The molecule has 9 heteroatoms. The molecule has 126 valence electrons. The molecule has 1 rings (SSSR count). The molecule has 0 aromatic carbocycles. The van der Waals surface area contributed by atoms with Crippen molar-refractivity contribution in [1.29, 1.82) is 0 Å². The summed E-state index contributed by atoms with van der Waals surface area (Å²) in [5, 5.41) is 3.20. The lowest BCUT2D eigenvalue weighted by Gasteiger charge is -2.22. The zero-order valence-corrected chi connectivity index (χ0v) is 15.8. The molecular formula is C13H24BrN5O2S. The number of sulfonamides is 1. The van der Waals surface area contributed by atoms with E-state index < -0.39 is 10.0 Å². The first kappa shape index (κ1) is 19.0. The van der Waals surface area contributed by atoms with E-state index in [1.807, 2.05) is 32.1 Å². The van der Waals surface area contributed by atoms with Crippen LogP contribution in [0.5, 0.6) is 0 Å². The molecule has 0 aliphatic heterocycles. The molecule has 2 N–H and O–H groups in total. The second-order valence-electron chi connectivity index (χ2n) is 5.02. The van der Waals surface area contributed by atoms with E-state index in [0.29, 0.717) is 13.1 Å². The van der Waals surface area contributed by atoms with E-state index in [1.165, 1.54) is 0 Å². The number of hydrogen-bond donors (Lipinski definition) is 2. The number of nitrogens with zero attached hydrogens (tertiary/aromatic N) is 3. The lowest BCUT2D eigenvalue weighted by Crippen LogP contribution is -2.39. The SMILES string of the molecule is CCNC(=NCCNS(C)(=O)=O)N(C)Cc1cc(Br)cn1C. The van der Waals surface area contributed by atoms with Crippen LogP contribution in [0, 0.1) is 0 Å². The summed E-state index contributed by atoms with van der Waals surface area (Å²) in [5.74, 6) is 0.745. The van der Waals surface area contributed by atoms with Gasteiger partial charge in [0.15, 0.2) is 5.96 Å². The van der Waals surface area contributed by atoms with Crippen molar-refractivity contribution in [3.63, 3.8) is 0 Å². The first-order valence-electron chi connectivity index (χ1n) is 6.97. The highest BCUT2D eigenvalue weighted by atomic mass is 79.9. The van der Waals surface area contributed by atoms with Crippen LogP contribution in [0.1, 0.15) is 12.6 Å². The monoisotopic (exact) mass is 393 g/mol. The van der Waals surface area contributed by atoms with Crippen molar-refractivity contribution in [2.45, 2.75) is 13.5 Å². The Morgan fingerprint density at radius 2 is 2.18 bits per heavy atom. The minimum absolute atomic E-state index is 0.289. The van der Waals surface area contributed by atoms with E-state index in [9.17, 15) is 8.42 Å². The van der Waals surface area contributed by atoms with Gasteiger partial charge in [-0.3, -0.25) is 4.99 Å². The molecule has 7 nitrogen and oxygen atoms in total. The molecule has 0 bridgehead atoms. The topological polar surface area (TPSA) is 78.7 Å². The number of guanidine groups is 1. The number of hydrogen-bond acceptors (Lipinski definition) is 3. The van der Waals surface area contributed by atoms with Crippen molar-refractivity contribution in [3.05, 3.63) is 22.4 Å². The van der Waals surface area contributed by atoms with Gasteiger partial charge in [0.1, 0.15) is 0 Å². The van der Waals surface area contributed by atoms with E-state index in [-0.39, 0.29) is 6.54 Å². The van der Waals surface area contributed by atoms with Gasteiger partial charge >= 0.3 is 0 Å². The van der Waals surface area contributed by atoms with Crippen LogP contribution in [0.25, 0.3) is 0 Å². The van der Waals surface area contributed by atoms with Gasteiger partial charge in [-0.05, 0) is 28.9 Å². The third-order valence-electron chi connectivity index (χ3n) is 2.91. The highest BCUT2D eigenvalue weighted by Gasteiger charge is 2.09. The number of halogens is 1. The van der Waals surface area contributed by atoms with Gasteiger partial charge in [0.25, 0.3) is 0 Å². The fourth-order valence-corrected chi connectivity index (χ4v) is 2.94. The summed E-state index contributed by atoms with van der Waals surface area (Å²) in [6.07, 6.45) is 3.14. The van der Waals surface area contributed by atoms with Crippen molar-refractivity contribution < 1.29 is 8.42 Å². The Bertz CT molecular complexity index is 612. The van der Waals surface area contributed by atoms with Gasteiger partial charge < -0.3 is 14.8 Å². The number of nitrogens with one attached hydrogen (secondary N) is 2. The van der Waals surface area contributed by atoms with Crippen molar-refractivity contribution in [3.8, 4) is 0 Å². The molecule has 1 aromatic heterocycles. The van der Waals surface area contributed by atoms with Crippen LogP contribution < -0.4 is 10.0 Å². The normalized spacial score (nSPS) is 12.5. The maximum atomic E-state index is 11.0. The molecule has 22 heavy (non-hydrogen) atoms. The molecular weight excluding hydrogens is 370 g/mol. The van der Waals surface area contributed by atoms with Gasteiger partial charge in [-0.15, -0.1) is 0 Å². The molecule has 0 fully saturated rings. The minimum Gasteiger partial charge on any atom is -0.357 e. The Morgan fingerprint density at radius 1 is 1.50 bits per heavy atom. The van der Waals surface area contributed by atoms with Crippen LogP contribution in [-0.2, 0) is 23.6 Å². The highest BCUT2D eigenvalue weighted by Crippen LogP contribution is 2.14. The second-order valence-corrected chi connectivity index (χ2v) is 7.77. The van der Waals surface area contributed by atoms with Gasteiger partial charge in [-0.2, -0.15) is 0 Å². The molecule has 1 heterocycles. The van der Waals surface area contributed by atoms with Crippen LogP contribution in [0.4, 0.5) is 0 Å². The summed E-state index contributed by atoms with van der Waals surface area (Å²) in [7, 11) is 0.777. The quantitative estimate of drug-likeness (QED) is 0.406. The van der Waals surface area contributed by atoms with Crippen molar-refractivity contribution in [2.75, 3.05) is 32.9 Å². The van der Waals surface area contributed by atoms with Crippen LogP contribution >= 0.6 is 15.9 Å². The Balaban J connectivity index is 2.66. The molecule has 0 aliphatic rings. The Labute approximate surface area is 141 Å². The average molecular weight is 394 g/mol. The molecule has 0 amide bonds. The van der Waals surface area contributed by atoms with Crippen LogP contribution in [0.2, 0.25) is 0 Å². The smallest absolute Gasteiger partial charge is 0.208 e. The van der Waals surface area contributed by atoms with Gasteiger partial charge in [0.05, 0.1) is 19.3 Å². The first-order chi connectivity index (χ1) is 10.2. The molecule has 0 saturated heterocycles. The van der Waals surface area contributed by atoms with Crippen molar-refractivity contribution in [1.82, 2.24) is 19.5 Å². The number of aryl methyl sites for hydroxylation is 1. The maximum Gasteiger partial charge on any atom is 0.208 e. The standard InChI is InChI=1S/C13H24BrN5O2S/c1-5-15-13(16-6-7-17-22(4,20)21)19(3)10-12-8-11(14)9-18(12)2/h8-9,17H,5-7,10H2,1-4H3,(H,15,16). The molecule has 0 unspecified atom stereocenters. The van der Waals surface area contributed by atoms with Crippen LogP contribution in [0.3, 0.4) is 0 Å². The molecule has 0 saturated carbocycles. The molecule has 0 atom stereocenters. The van der Waals surface area contributed by atoms with Crippen molar-refractivity contribution in [2.24, 2.45) is 12.0 Å². The molecule has 0 spiro atoms. The third kappa shape index (κ3) is 6.80. The average Bonchev–Trinajstić information content (AvgIpc) is 2.70. The van der Waals surface area contributed by atoms with E-state index in [4.69, 9.17) is 0 Å². The predicted octanol–water partition coefficient (Wildman–Crippen LogP) is 0.734. The summed E-state index contributed by atoms with van der Waals surface area (Å²) in [6, 6.07) is 2.06.